The smallest absolute Gasteiger partial charge is 0.242 e. The Labute approximate surface area is 122 Å². The topological polar surface area (TPSA) is 68.3 Å². The highest BCUT2D eigenvalue weighted by molar-refractivity contribution is 7.89. The minimum atomic E-state index is -3.67. The third-order valence-corrected chi connectivity index (χ3v) is 5.16. The van der Waals surface area contributed by atoms with Crippen molar-refractivity contribution in [3.63, 3.8) is 0 Å². The van der Waals surface area contributed by atoms with Crippen LogP contribution in [0.15, 0.2) is 17.2 Å². The highest BCUT2D eigenvalue weighted by atomic mass is 35.5. The van der Waals surface area contributed by atoms with Crippen molar-refractivity contribution in [2.24, 2.45) is 0 Å². The Morgan fingerprint density at radius 1 is 1.53 bits per heavy atom. The molecule has 2 heterocycles. The van der Waals surface area contributed by atoms with Gasteiger partial charge in [0, 0.05) is 18.8 Å². The number of ether oxygens (including phenoxy) is 1. The highest BCUT2D eigenvalue weighted by Gasteiger charge is 2.27. The summed E-state index contributed by atoms with van der Waals surface area (Å²) in [7, 11) is -3.67. The lowest BCUT2D eigenvalue weighted by molar-refractivity contribution is 0.0902. The summed E-state index contributed by atoms with van der Waals surface area (Å²) in [4.78, 5) is 3.73. The second-order valence-corrected chi connectivity index (χ2v) is 6.88. The fourth-order valence-corrected chi connectivity index (χ4v) is 3.51. The largest absolute Gasteiger partial charge is 0.377 e. The van der Waals surface area contributed by atoms with Gasteiger partial charge in [0.2, 0.25) is 10.0 Å². The summed E-state index contributed by atoms with van der Waals surface area (Å²) in [6.45, 7) is 2.45. The molecule has 19 heavy (non-hydrogen) atoms. The number of sulfonamides is 1. The van der Waals surface area contributed by atoms with Crippen LogP contribution < -0.4 is 4.72 Å². The van der Waals surface area contributed by atoms with Crippen LogP contribution in [0.5, 0.6) is 0 Å². The first-order chi connectivity index (χ1) is 8.90. The van der Waals surface area contributed by atoms with Crippen LogP contribution in [0.1, 0.15) is 19.8 Å². The van der Waals surface area contributed by atoms with Gasteiger partial charge in [-0.15, -0.1) is 0 Å². The second kappa shape index (κ2) is 5.93. The van der Waals surface area contributed by atoms with Crippen molar-refractivity contribution in [1.29, 1.82) is 0 Å². The summed E-state index contributed by atoms with van der Waals surface area (Å²) < 4.78 is 32.3. The lowest BCUT2D eigenvalue weighted by Gasteiger charge is -2.19. The van der Waals surface area contributed by atoms with Gasteiger partial charge in [-0.05, 0) is 25.8 Å². The Kier molecular flexibility index (Phi) is 4.68. The average Bonchev–Trinajstić information content (AvgIpc) is 2.85. The van der Waals surface area contributed by atoms with Crippen LogP contribution in [0.25, 0.3) is 0 Å². The molecule has 0 aliphatic carbocycles. The van der Waals surface area contributed by atoms with Crippen LogP contribution in [0.2, 0.25) is 10.2 Å². The molecule has 1 aliphatic heterocycles. The molecule has 106 valence electrons. The lowest BCUT2D eigenvalue weighted by atomic mass is 10.1. The van der Waals surface area contributed by atoms with Crippen molar-refractivity contribution < 1.29 is 13.2 Å². The molecule has 1 aromatic rings. The molecule has 1 N–H and O–H groups in total. The van der Waals surface area contributed by atoms with E-state index in [0.717, 1.165) is 12.8 Å². The molecule has 1 aliphatic rings. The standard InChI is InChI=1S/C11H14Cl2N2O3S/c1-7(10-3-2-4-18-10)15-19(16,17)8-5-9(12)11(13)14-6-8/h5-7,10,15H,2-4H2,1H3. The van der Waals surface area contributed by atoms with Crippen molar-refractivity contribution >= 4 is 33.2 Å². The first kappa shape index (κ1) is 15.0. The summed E-state index contributed by atoms with van der Waals surface area (Å²) in [5.74, 6) is 0. The van der Waals surface area contributed by atoms with Crippen molar-refractivity contribution in [2.75, 3.05) is 6.61 Å². The molecule has 1 aromatic heterocycles. The van der Waals surface area contributed by atoms with E-state index in [1.54, 1.807) is 6.92 Å². The number of nitrogens with one attached hydrogen (secondary N) is 1. The van der Waals surface area contributed by atoms with Crippen LogP contribution >= 0.6 is 23.2 Å². The zero-order valence-electron chi connectivity index (χ0n) is 10.3. The van der Waals surface area contributed by atoms with Gasteiger partial charge >= 0.3 is 0 Å². The fourth-order valence-electron chi connectivity index (χ4n) is 1.94. The molecule has 5 nitrogen and oxygen atoms in total. The van der Waals surface area contributed by atoms with Gasteiger partial charge in [-0.25, -0.2) is 18.1 Å². The quantitative estimate of drug-likeness (QED) is 0.862. The molecule has 1 fully saturated rings. The minimum Gasteiger partial charge on any atom is -0.377 e. The Morgan fingerprint density at radius 3 is 2.84 bits per heavy atom. The molecule has 2 atom stereocenters. The minimum absolute atomic E-state index is 0.00764. The summed E-state index contributed by atoms with van der Waals surface area (Å²) in [6, 6.07) is 0.975. The van der Waals surface area contributed by atoms with Gasteiger partial charge in [0.15, 0.2) is 0 Å². The van der Waals surface area contributed by atoms with Crippen LogP contribution in [-0.4, -0.2) is 32.2 Å². The average molecular weight is 325 g/mol. The van der Waals surface area contributed by atoms with E-state index < -0.39 is 10.0 Å². The van der Waals surface area contributed by atoms with Crippen LogP contribution in [-0.2, 0) is 14.8 Å². The third-order valence-electron chi connectivity index (χ3n) is 2.95. The monoisotopic (exact) mass is 324 g/mol. The maximum Gasteiger partial charge on any atom is 0.242 e. The van der Waals surface area contributed by atoms with E-state index in [1.807, 2.05) is 0 Å². The first-order valence-electron chi connectivity index (χ1n) is 5.85. The van der Waals surface area contributed by atoms with Gasteiger partial charge in [-0.3, -0.25) is 0 Å². The van der Waals surface area contributed by atoms with Gasteiger partial charge in [-0.1, -0.05) is 23.2 Å². The zero-order valence-corrected chi connectivity index (χ0v) is 12.6. The number of halogens is 2. The number of hydrogen-bond acceptors (Lipinski definition) is 4. The van der Waals surface area contributed by atoms with Gasteiger partial charge in [0.05, 0.1) is 11.1 Å². The molecule has 0 amide bonds. The zero-order chi connectivity index (χ0) is 14.0. The molecule has 2 rings (SSSR count). The highest BCUT2D eigenvalue weighted by Crippen LogP contribution is 2.23. The van der Waals surface area contributed by atoms with Crippen molar-refractivity contribution in [2.45, 2.75) is 36.8 Å². The Morgan fingerprint density at radius 2 is 2.26 bits per heavy atom. The van der Waals surface area contributed by atoms with E-state index in [-0.39, 0.29) is 27.2 Å². The van der Waals surface area contributed by atoms with Crippen molar-refractivity contribution in [1.82, 2.24) is 9.71 Å². The first-order valence-corrected chi connectivity index (χ1v) is 8.09. The van der Waals surface area contributed by atoms with Crippen LogP contribution in [0.4, 0.5) is 0 Å². The van der Waals surface area contributed by atoms with E-state index in [4.69, 9.17) is 27.9 Å². The van der Waals surface area contributed by atoms with E-state index in [2.05, 4.69) is 9.71 Å². The van der Waals surface area contributed by atoms with Crippen LogP contribution in [0, 0.1) is 0 Å². The number of rotatable bonds is 4. The molecule has 2 unspecified atom stereocenters. The molecular weight excluding hydrogens is 311 g/mol. The molecule has 0 radical (unpaired) electrons. The SMILES string of the molecule is CC(NS(=O)(=O)c1cnc(Cl)c(Cl)c1)C1CCCO1. The summed E-state index contributed by atoms with van der Waals surface area (Å²) in [6.07, 6.45) is 2.89. The van der Waals surface area contributed by atoms with E-state index in [9.17, 15) is 8.42 Å². The lowest BCUT2D eigenvalue weighted by Crippen LogP contribution is -2.40. The van der Waals surface area contributed by atoms with Gasteiger partial charge < -0.3 is 4.74 Å². The predicted octanol–water partition coefficient (Wildman–Crippen LogP) is 2.23. The molecule has 0 spiro atoms. The van der Waals surface area contributed by atoms with Gasteiger partial charge in [0.1, 0.15) is 10.0 Å². The molecule has 0 bridgehead atoms. The van der Waals surface area contributed by atoms with Crippen molar-refractivity contribution in [3.05, 3.63) is 22.4 Å². The number of hydrogen-bond donors (Lipinski definition) is 1. The predicted molar refractivity (Wildman–Crippen MR) is 73.0 cm³/mol. The molecule has 8 heteroatoms. The number of nitrogens with zero attached hydrogens (tertiary/aromatic N) is 1. The Hall–Kier alpha value is -0.400. The fraction of sp³-hybridized carbons (Fsp3) is 0.545. The Bertz CT molecular complexity index is 559. The van der Waals surface area contributed by atoms with Gasteiger partial charge in [-0.2, -0.15) is 0 Å². The molecular formula is C11H14Cl2N2O3S. The molecule has 0 aromatic carbocycles. The summed E-state index contributed by atoms with van der Waals surface area (Å²) in [5.41, 5.74) is 0. The van der Waals surface area contributed by atoms with E-state index in [1.165, 1.54) is 12.3 Å². The van der Waals surface area contributed by atoms with E-state index >= 15 is 0 Å². The maximum absolute atomic E-state index is 12.2. The van der Waals surface area contributed by atoms with Crippen molar-refractivity contribution in [3.8, 4) is 0 Å². The number of pyridine rings is 1. The van der Waals surface area contributed by atoms with Gasteiger partial charge in [0.25, 0.3) is 0 Å². The third kappa shape index (κ3) is 3.58. The maximum atomic E-state index is 12.2. The summed E-state index contributed by atoms with van der Waals surface area (Å²) in [5, 5.41) is 0.183. The summed E-state index contributed by atoms with van der Waals surface area (Å²) >= 11 is 11.4. The molecule has 1 saturated heterocycles. The molecule has 0 saturated carbocycles. The van der Waals surface area contributed by atoms with E-state index in [0.29, 0.717) is 6.61 Å². The normalized spacial score (nSPS) is 21.5. The van der Waals surface area contributed by atoms with Crippen LogP contribution in [0.3, 0.4) is 0 Å². The Balaban J connectivity index is 2.15. The second-order valence-electron chi connectivity index (χ2n) is 4.41. The number of aromatic nitrogens is 1.